The Labute approximate surface area is 253 Å². The minimum absolute atomic E-state index is 0.113. The highest BCUT2D eigenvalue weighted by Gasteiger charge is 2.35. The summed E-state index contributed by atoms with van der Waals surface area (Å²) in [5.74, 6) is -0.366. The summed E-state index contributed by atoms with van der Waals surface area (Å²) in [7, 11) is 0. The van der Waals surface area contributed by atoms with Gasteiger partial charge in [-0.3, -0.25) is 14.3 Å². The van der Waals surface area contributed by atoms with Crippen LogP contribution in [0.1, 0.15) is 32.3 Å². The van der Waals surface area contributed by atoms with Crippen molar-refractivity contribution in [3.05, 3.63) is 63.6 Å². The summed E-state index contributed by atoms with van der Waals surface area (Å²) in [5.41, 5.74) is 1.95. The smallest absolute Gasteiger partial charge is 0.350 e. The molecule has 0 unspecified atom stereocenters. The number of rotatable bonds is 4. The molecule has 2 fully saturated rings. The van der Waals surface area contributed by atoms with Gasteiger partial charge in [0.2, 0.25) is 5.91 Å². The van der Waals surface area contributed by atoms with Crippen LogP contribution in [-0.2, 0) is 11.3 Å². The first kappa shape index (κ1) is 29.1. The van der Waals surface area contributed by atoms with E-state index in [0.717, 1.165) is 53.6 Å². The number of piperazine rings is 1. The number of likely N-dealkylation sites (tertiary alicyclic amines) is 1. The highest BCUT2D eigenvalue weighted by Crippen LogP contribution is 2.45. The molecule has 7 nitrogen and oxygen atoms in total. The number of nitrogens with zero attached hydrogens (tertiary/aromatic N) is 5. The highest BCUT2D eigenvalue weighted by molar-refractivity contribution is 7.99. The van der Waals surface area contributed by atoms with Gasteiger partial charge in [0.25, 0.3) is 0 Å². The van der Waals surface area contributed by atoms with Crippen LogP contribution >= 0.6 is 23.4 Å². The normalized spacial score (nSPS) is 23.0. The number of anilines is 1. The van der Waals surface area contributed by atoms with Gasteiger partial charge in [0.1, 0.15) is 17.5 Å². The quantitative estimate of drug-likeness (QED) is 0.287. The number of hydrogen-bond acceptors (Lipinski definition) is 6. The van der Waals surface area contributed by atoms with Crippen molar-refractivity contribution in [3.8, 4) is 11.1 Å². The Hall–Kier alpha value is -2.95. The zero-order valence-electron chi connectivity index (χ0n) is 24.0. The number of halogens is 3. The summed E-state index contributed by atoms with van der Waals surface area (Å²) >= 11 is 7.76. The molecule has 3 aromatic rings. The number of amides is 1. The molecule has 222 valence electrons. The predicted octanol–water partition coefficient (Wildman–Crippen LogP) is 5.49. The lowest BCUT2D eigenvalue weighted by molar-refractivity contribution is -0.130. The molecular weight excluding hydrogens is 580 g/mol. The molecule has 6 rings (SSSR count). The van der Waals surface area contributed by atoms with Gasteiger partial charge in [0.05, 0.1) is 10.5 Å². The van der Waals surface area contributed by atoms with Crippen LogP contribution in [0.15, 0.2) is 40.5 Å². The summed E-state index contributed by atoms with van der Waals surface area (Å²) in [5, 5.41) is 0.645. The maximum Gasteiger partial charge on any atom is 0.350 e. The SMILES string of the molecule is C=CC(=O)N1[C@H](C)CN(c2nc(=O)n3c4c(c(-c5cc(Cl)c(F)cc5F)c(C)cc24)SC[C@H](N2CCCC2)C3)C[C@@H]1C. The summed E-state index contributed by atoms with van der Waals surface area (Å²) in [4.78, 5) is 38.2. The number of thioether (sulfide) groups is 1. The number of hydrogen-bond donors (Lipinski definition) is 0. The molecule has 0 bridgehead atoms. The molecule has 0 saturated carbocycles. The Morgan fingerprint density at radius 3 is 2.45 bits per heavy atom. The van der Waals surface area contributed by atoms with Crippen molar-refractivity contribution < 1.29 is 13.6 Å². The van der Waals surface area contributed by atoms with E-state index in [-0.39, 0.29) is 40.3 Å². The molecule has 42 heavy (non-hydrogen) atoms. The maximum atomic E-state index is 15.4. The second-order valence-corrected chi connectivity index (χ2v) is 13.1. The van der Waals surface area contributed by atoms with Crippen LogP contribution in [0.5, 0.6) is 0 Å². The van der Waals surface area contributed by atoms with Crippen molar-refractivity contribution in [1.29, 1.82) is 0 Å². The van der Waals surface area contributed by atoms with Crippen molar-refractivity contribution in [3.63, 3.8) is 0 Å². The van der Waals surface area contributed by atoms with Crippen molar-refractivity contribution in [2.75, 3.05) is 36.8 Å². The Morgan fingerprint density at radius 2 is 1.79 bits per heavy atom. The molecule has 2 aromatic carbocycles. The molecule has 11 heteroatoms. The van der Waals surface area contributed by atoms with E-state index in [4.69, 9.17) is 11.6 Å². The van der Waals surface area contributed by atoms with Crippen LogP contribution in [-0.4, -0.2) is 75.3 Å². The van der Waals surface area contributed by atoms with Crippen molar-refractivity contribution in [2.45, 2.75) is 63.2 Å². The van der Waals surface area contributed by atoms with E-state index in [0.29, 0.717) is 36.5 Å². The summed E-state index contributed by atoms with van der Waals surface area (Å²) in [6.45, 7) is 12.9. The summed E-state index contributed by atoms with van der Waals surface area (Å²) in [6.07, 6.45) is 3.57. The van der Waals surface area contributed by atoms with Crippen molar-refractivity contribution in [2.24, 2.45) is 0 Å². The molecular formula is C31H34ClF2N5O2S. The third-order valence-electron chi connectivity index (χ3n) is 8.79. The standard InChI is InChI=1S/C31H34ClF2N5O2S/c1-5-26(40)39-18(3)13-37(14-19(39)4)30-22-10-17(2)27(21-11-23(32)25(34)12-24(21)33)29-28(22)38(31(41)35-30)15-20(16-42-29)36-8-6-7-9-36/h5,10-12,18-20H,1,6-9,13-16H2,2-4H3/t18-,19+,20-/m1/s1. The van der Waals surface area contributed by atoms with E-state index in [2.05, 4.69) is 21.4 Å². The fourth-order valence-electron chi connectivity index (χ4n) is 6.93. The monoisotopic (exact) mass is 613 g/mol. The van der Waals surface area contributed by atoms with Gasteiger partial charge in [0, 0.05) is 71.0 Å². The minimum atomic E-state index is -0.815. The van der Waals surface area contributed by atoms with Crippen LogP contribution in [0.3, 0.4) is 0 Å². The Morgan fingerprint density at radius 1 is 1.10 bits per heavy atom. The van der Waals surface area contributed by atoms with Gasteiger partial charge in [-0.1, -0.05) is 18.2 Å². The number of carbonyl (C=O) groups is 1. The second kappa shape index (κ2) is 11.3. The minimum Gasteiger partial charge on any atom is -0.352 e. The van der Waals surface area contributed by atoms with Crippen LogP contribution in [0, 0.1) is 18.6 Å². The Bertz CT molecular complexity index is 1640. The molecule has 0 spiro atoms. The second-order valence-electron chi connectivity index (χ2n) is 11.6. The molecule has 3 aliphatic heterocycles. The molecule has 2 saturated heterocycles. The average Bonchev–Trinajstić information content (AvgIpc) is 3.41. The van der Waals surface area contributed by atoms with Gasteiger partial charge < -0.3 is 9.80 Å². The molecule has 0 N–H and O–H groups in total. The van der Waals surface area contributed by atoms with Crippen LogP contribution in [0.4, 0.5) is 14.6 Å². The van der Waals surface area contributed by atoms with Crippen LogP contribution in [0.2, 0.25) is 5.02 Å². The third-order valence-corrected chi connectivity index (χ3v) is 10.3. The zero-order chi connectivity index (χ0) is 29.9. The number of aryl methyl sites for hydroxylation is 1. The first-order valence-corrected chi connectivity index (χ1v) is 15.7. The number of benzene rings is 2. The zero-order valence-corrected chi connectivity index (χ0v) is 25.6. The lowest BCUT2D eigenvalue weighted by atomic mass is 9.97. The van der Waals surface area contributed by atoms with Gasteiger partial charge in [-0.25, -0.2) is 13.6 Å². The van der Waals surface area contributed by atoms with E-state index >= 15 is 4.39 Å². The first-order chi connectivity index (χ1) is 20.1. The van der Waals surface area contributed by atoms with Crippen LogP contribution < -0.4 is 10.6 Å². The molecule has 0 aliphatic carbocycles. The van der Waals surface area contributed by atoms with Crippen molar-refractivity contribution in [1.82, 2.24) is 19.4 Å². The Kier molecular flexibility index (Phi) is 7.82. The van der Waals surface area contributed by atoms with Gasteiger partial charge in [-0.2, -0.15) is 4.98 Å². The van der Waals surface area contributed by atoms with E-state index in [1.807, 2.05) is 31.7 Å². The molecule has 1 aromatic heterocycles. The Balaban J connectivity index is 1.57. The van der Waals surface area contributed by atoms with Gasteiger partial charge >= 0.3 is 5.69 Å². The number of aromatic nitrogens is 2. The van der Waals surface area contributed by atoms with Gasteiger partial charge in [-0.15, -0.1) is 11.8 Å². The summed E-state index contributed by atoms with van der Waals surface area (Å²) < 4.78 is 31.3. The van der Waals surface area contributed by atoms with E-state index in [1.54, 1.807) is 16.3 Å². The van der Waals surface area contributed by atoms with E-state index in [9.17, 15) is 14.0 Å². The maximum absolute atomic E-state index is 15.4. The summed E-state index contributed by atoms with van der Waals surface area (Å²) in [6, 6.07) is 3.97. The fraction of sp³-hybridized carbons (Fsp3) is 0.452. The van der Waals surface area contributed by atoms with Crippen LogP contribution in [0.25, 0.3) is 22.0 Å². The lowest BCUT2D eigenvalue weighted by Gasteiger charge is -2.44. The first-order valence-electron chi connectivity index (χ1n) is 14.4. The van der Waals surface area contributed by atoms with Gasteiger partial charge in [-0.05, 0) is 70.5 Å². The molecule has 0 radical (unpaired) electrons. The molecule has 1 amide bonds. The lowest BCUT2D eigenvalue weighted by Crippen LogP contribution is -2.58. The average molecular weight is 614 g/mol. The molecule has 4 heterocycles. The van der Waals surface area contributed by atoms with E-state index in [1.165, 1.54) is 12.1 Å². The molecule has 3 aliphatic rings. The number of carbonyl (C=O) groups excluding carboxylic acids is 1. The predicted molar refractivity (Wildman–Crippen MR) is 165 cm³/mol. The third kappa shape index (κ3) is 4.91. The van der Waals surface area contributed by atoms with E-state index < -0.39 is 11.6 Å². The fourth-order valence-corrected chi connectivity index (χ4v) is 8.54. The largest absolute Gasteiger partial charge is 0.352 e. The molecule has 3 atom stereocenters. The topological polar surface area (TPSA) is 61.7 Å². The van der Waals surface area contributed by atoms with Crippen molar-refractivity contribution >= 4 is 46.0 Å². The highest BCUT2D eigenvalue weighted by atomic mass is 35.5. The van der Waals surface area contributed by atoms with Gasteiger partial charge in [0.15, 0.2) is 0 Å².